The summed E-state index contributed by atoms with van der Waals surface area (Å²) in [5.74, 6) is -0.0548. The minimum absolute atomic E-state index is 0.151. The van der Waals surface area contributed by atoms with Crippen molar-refractivity contribution in [3.63, 3.8) is 0 Å². The molecule has 0 aliphatic heterocycles. The van der Waals surface area contributed by atoms with Crippen LogP contribution in [0.2, 0.25) is 0 Å². The van der Waals surface area contributed by atoms with E-state index in [1.54, 1.807) is 4.52 Å². The normalized spacial score (nSPS) is 11.0. The van der Waals surface area contributed by atoms with Crippen LogP contribution in [-0.2, 0) is 11.2 Å². The van der Waals surface area contributed by atoms with E-state index < -0.39 is 5.97 Å². The Bertz CT molecular complexity index is 490. The van der Waals surface area contributed by atoms with Crippen LogP contribution in [0.15, 0.2) is 0 Å². The van der Waals surface area contributed by atoms with Crippen molar-refractivity contribution in [2.24, 2.45) is 0 Å². The number of carboxylic acids is 1. The SMILES string of the molecule is Cc1nn2c(CCCC(=O)O)nnc2s1. The highest BCUT2D eigenvalue weighted by molar-refractivity contribution is 7.16. The number of aryl methyl sites for hydroxylation is 2. The number of nitrogens with zero attached hydrogens (tertiary/aromatic N) is 4. The fourth-order valence-corrected chi connectivity index (χ4v) is 2.01. The van der Waals surface area contributed by atoms with Crippen LogP contribution in [0.4, 0.5) is 0 Å². The number of hydrogen-bond acceptors (Lipinski definition) is 5. The monoisotopic (exact) mass is 226 g/mol. The summed E-state index contributed by atoms with van der Waals surface area (Å²) >= 11 is 1.47. The van der Waals surface area contributed by atoms with Gasteiger partial charge < -0.3 is 5.11 Å². The summed E-state index contributed by atoms with van der Waals surface area (Å²) in [4.78, 5) is 11.1. The van der Waals surface area contributed by atoms with Crippen LogP contribution >= 0.6 is 11.3 Å². The second-order valence-corrected chi connectivity index (χ2v) is 4.34. The maximum atomic E-state index is 10.3. The van der Waals surface area contributed by atoms with E-state index in [-0.39, 0.29) is 6.42 Å². The van der Waals surface area contributed by atoms with E-state index in [9.17, 15) is 4.79 Å². The average Bonchev–Trinajstić information content (AvgIpc) is 2.65. The third-order valence-electron chi connectivity index (χ3n) is 1.95. The lowest BCUT2D eigenvalue weighted by Gasteiger charge is -1.93. The Hall–Kier alpha value is -1.50. The second kappa shape index (κ2) is 3.93. The summed E-state index contributed by atoms with van der Waals surface area (Å²) in [7, 11) is 0. The van der Waals surface area contributed by atoms with Crippen molar-refractivity contribution >= 4 is 22.3 Å². The van der Waals surface area contributed by atoms with Crippen LogP contribution in [0.25, 0.3) is 4.96 Å². The fourth-order valence-electron chi connectivity index (χ4n) is 1.31. The van der Waals surface area contributed by atoms with Crippen LogP contribution in [0, 0.1) is 6.92 Å². The first-order valence-corrected chi connectivity index (χ1v) is 5.38. The highest BCUT2D eigenvalue weighted by Gasteiger charge is 2.09. The van der Waals surface area contributed by atoms with Gasteiger partial charge in [0.15, 0.2) is 5.82 Å². The molecule has 0 aliphatic rings. The van der Waals surface area contributed by atoms with Gasteiger partial charge in [-0.1, -0.05) is 11.3 Å². The molecule has 0 bridgehead atoms. The maximum absolute atomic E-state index is 10.3. The van der Waals surface area contributed by atoms with Gasteiger partial charge in [-0.3, -0.25) is 4.79 Å². The van der Waals surface area contributed by atoms with Crippen LogP contribution in [0.3, 0.4) is 0 Å². The lowest BCUT2D eigenvalue weighted by Crippen LogP contribution is -2.00. The Kier molecular flexibility index (Phi) is 2.63. The molecule has 0 saturated carbocycles. The van der Waals surface area contributed by atoms with Gasteiger partial charge in [-0.05, 0) is 13.3 Å². The van der Waals surface area contributed by atoms with Gasteiger partial charge in [0.1, 0.15) is 5.01 Å². The molecule has 0 atom stereocenters. The molecule has 0 saturated heterocycles. The van der Waals surface area contributed by atoms with Gasteiger partial charge in [-0.2, -0.15) is 9.61 Å². The molecule has 1 N–H and O–H groups in total. The smallest absolute Gasteiger partial charge is 0.303 e. The highest BCUT2D eigenvalue weighted by Crippen LogP contribution is 2.13. The van der Waals surface area contributed by atoms with E-state index in [1.165, 1.54) is 11.3 Å². The van der Waals surface area contributed by atoms with Crippen LogP contribution in [-0.4, -0.2) is 30.9 Å². The van der Waals surface area contributed by atoms with Crippen molar-refractivity contribution in [1.82, 2.24) is 19.8 Å². The number of fused-ring (bicyclic) bond motifs is 1. The lowest BCUT2D eigenvalue weighted by molar-refractivity contribution is -0.137. The molecular weight excluding hydrogens is 216 g/mol. The minimum Gasteiger partial charge on any atom is -0.481 e. The second-order valence-electron chi connectivity index (χ2n) is 3.18. The zero-order valence-corrected chi connectivity index (χ0v) is 8.99. The molecule has 0 aliphatic carbocycles. The van der Waals surface area contributed by atoms with E-state index in [0.29, 0.717) is 12.8 Å². The Balaban J connectivity index is 2.10. The van der Waals surface area contributed by atoms with Gasteiger partial charge in [-0.15, -0.1) is 10.2 Å². The molecule has 7 heteroatoms. The first-order valence-electron chi connectivity index (χ1n) is 4.56. The average molecular weight is 226 g/mol. The van der Waals surface area contributed by atoms with Crippen molar-refractivity contribution in [2.45, 2.75) is 26.2 Å². The maximum Gasteiger partial charge on any atom is 0.303 e. The fraction of sp³-hybridized carbons (Fsp3) is 0.500. The quantitative estimate of drug-likeness (QED) is 0.837. The van der Waals surface area contributed by atoms with Crippen molar-refractivity contribution in [3.05, 3.63) is 10.8 Å². The van der Waals surface area contributed by atoms with Gasteiger partial charge >= 0.3 is 5.97 Å². The first kappa shape index (κ1) is 10.0. The standard InChI is InChI=1S/C8H10N4O2S/c1-5-11-12-6(3-2-4-7(13)14)9-10-8(12)15-5/h2-4H2,1H3,(H,13,14). The van der Waals surface area contributed by atoms with Crippen LogP contribution in [0.5, 0.6) is 0 Å². The molecule has 0 unspecified atom stereocenters. The first-order chi connectivity index (χ1) is 7.16. The zero-order valence-electron chi connectivity index (χ0n) is 8.17. The highest BCUT2D eigenvalue weighted by atomic mass is 32.1. The van der Waals surface area contributed by atoms with Crippen LogP contribution < -0.4 is 0 Å². The summed E-state index contributed by atoms with van der Waals surface area (Å²) in [6.45, 7) is 1.90. The van der Waals surface area contributed by atoms with E-state index in [4.69, 9.17) is 5.11 Å². The van der Waals surface area contributed by atoms with Gasteiger partial charge in [0, 0.05) is 12.8 Å². The van der Waals surface area contributed by atoms with Gasteiger partial charge in [0.2, 0.25) is 4.96 Å². The number of hydrogen-bond donors (Lipinski definition) is 1. The summed E-state index contributed by atoms with van der Waals surface area (Å²) in [6.07, 6.45) is 1.31. The molecule has 6 nitrogen and oxygen atoms in total. The van der Waals surface area contributed by atoms with Gasteiger partial charge in [0.25, 0.3) is 0 Å². The number of aliphatic carboxylic acids is 1. The van der Waals surface area contributed by atoms with E-state index in [0.717, 1.165) is 15.8 Å². The van der Waals surface area contributed by atoms with Crippen molar-refractivity contribution in [1.29, 1.82) is 0 Å². The Morgan fingerprint density at radius 1 is 1.53 bits per heavy atom. The Labute approximate surface area is 89.6 Å². The molecule has 0 fully saturated rings. The molecule has 0 spiro atoms. The minimum atomic E-state index is -0.787. The summed E-state index contributed by atoms with van der Waals surface area (Å²) in [5, 5.41) is 21.6. The molecule has 0 amide bonds. The molecule has 0 radical (unpaired) electrons. The third kappa shape index (κ3) is 2.12. The van der Waals surface area contributed by atoms with Crippen molar-refractivity contribution in [2.75, 3.05) is 0 Å². The number of carboxylic acid groups (broad SMARTS) is 1. The number of carbonyl (C=O) groups is 1. The summed E-state index contributed by atoms with van der Waals surface area (Å²) in [5.41, 5.74) is 0. The van der Waals surface area contributed by atoms with Gasteiger partial charge in [0.05, 0.1) is 0 Å². The predicted molar refractivity (Wildman–Crippen MR) is 54.0 cm³/mol. The Morgan fingerprint density at radius 2 is 2.33 bits per heavy atom. The molecule has 15 heavy (non-hydrogen) atoms. The molecule has 0 aromatic carbocycles. The van der Waals surface area contributed by atoms with Gasteiger partial charge in [-0.25, -0.2) is 0 Å². The van der Waals surface area contributed by atoms with E-state index in [1.807, 2.05) is 6.92 Å². The van der Waals surface area contributed by atoms with E-state index in [2.05, 4.69) is 15.3 Å². The Morgan fingerprint density at radius 3 is 3.07 bits per heavy atom. The van der Waals surface area contributed by atoms with E-state index >= 15 is 0 Å². The van der Waals surface area contributed by atoms with Crippen molar-refractivity contribution in [3.8, 4) is 0 Å². The van der Waals surface area contributed by atoms with Crippen LogP contribution in [0.1, 0.15) is 23.7 Å². The molecule has 2 aromatic rings. The number of rotatable bonds is 4. The largest absolute Gasteiger partial charge is 0.481 e. The molecular formula is C8H10N4O2S. The molecule has 80 valence electrons. The third-order valence-corrected chi connectivity index (χ3v) is 2.76. The molecule has 2 rings (SSSR count). The zero-order chi connectivity index (χ0) is 10.8. The lowest BCUT2D eigenvalue weighted by atomic mass is 10.2. The topological polar surface area (TPSA) is 80.4 Å². The molecule has 2 aromatic heterocycles. The predicted octanol–water partition coefficient (Wildman–Crippen LogP) is 0.902. The van der Waals surface area contributed by atoms with Crippen molar-refractivity contribution < 1.29 is 9.90 Å². The number of aromatic nitrogens is 4. The summed E-state index contributed by atoms with van der Waals surface area (Å²) in [6, 6.07) is 0. The molecule has 2 heterocycles. The summed E-state index contributed by atoms with van der Waals surface area (Å²) < 4.78 is 1.68.